The zero-order valence-corrected chi connectivity index (χ0v) is 11.0. The summed E-state index contributed by atoms with van der Waals surface area (Å²) in [4.78, 5) is 12.3. The highest BCUT2D eigenvalue weighted by molar-refractivity contribution is 5.82. The largest absolute Gasteiger partial charge is 0.426 e. The van der Waals surface area contributed by atoms with Crippen molar-refractivity contribution in [3.05, 3.63) is 29.8 Å². The molecule has 1 aliphatic heterocycles. The minimum absolute atomic E-state index is 0.0683. The SMILES string of the molecule is CC(C)C1(C(C)C)Cc2ccccc2OC1=O. The van der Waals surface area contributed by atoms with Crippen molar-refractivity contribution in [3.63, 3.8) is 0 Å². The zero-order chi connectivity index (χ0) is 12.6. The third-order valence-corrected chi connectivity index (χ3v) is 4.10. The van der Waals surface area contributed by atoms with Gasteiger partial charge in [-0.2, -0.15) is 0 Å². The highest BCUT2D eigenvalue weighted by atomic mass is 16.5. The van der Waals surface area contributed by atoms with Crippen LogP contribution in [-0.4, -0.2) is 5.97 Å². The number of para-hydroxylation sites is 1. The fourth-order valence-corrected chi connectivity index (χ4v) is 2.88. The van der Waals surface area contributed by atoms with E-state index >= 15 is 0 Å². The minimum atomic E-state index is -0.381. The van der Waals surface area contributed by atoms with Crippen molar-refractivity contribution in [2.45, 2.75) is 34.1 Å². The second-order valence-corrected chi connectivity index (χ2v) is 5.52. The maximum atomic E-state index is 12.3. The zero-order valence-electron chi connectivity index (χ0n) is 11.0. The number of hydrogen-bond donors (Lipinski definition) is 0. The maximum absolute atomic E-state index is 12.3. The van der Waals surface area contributed by atoms with Gasteiger partial charge in [0.15, 0.2) is 0 Å². The number of carbonyl (C=O) groups excluding carboxylic acids is 1. The number of rotatable bonds is 2. The van der Waals surface area contributed by atoms with Gasteiger partial charge in [0, 0.05) is 0 Å². The summed E-state index contributed by atoms with van der Waals surface area (Å²) in [5.41, 5.74) is 0.767. The van der Waals surface area contributed by atoms with Crippen LogP contribution in [0.4, 0.5) is 0 Å². The summed E-state index contributed by atoms with van der Waals surface area (Å²) in [6, 6.07) is 7.84. The van der Waals surface area contributed by atoms with E-state index < -0.39 is 0 Å². The average Bonchev–Trinajstić information content (AvgIpc) is 2.27. The van der Waals surface area contributed by atoms with Crippen LogP contribution in [0.2, 0.25) is 0 Å². The second-order valence-electron chi connectivity index (χ2n) is 5.52. The Morgan fingerprint density at radius 2 is 1.71 bits per heavy atom. The van der Waals surface area contributed by atoms with Gasteiger partial charge in [0.1, 0.15) is 5.75 Å². The quantitative estimate of drug-likeness (QED) is 0.576. The van der Waals surface area contributed by atoms with Crippen LogP contribution in [0.5, 0.6) is 5.75 Å². The Bertz CT molecular complexity index is 424. The van der Waals surface area contributed by atoms with Crippen LogP contribution in [0.25, 0.3) is 0 Å². The van der Waals surface area contributed by atoms with Crippen molar-refractivity contribution >= 4 is 5.97 Å². The molecule has 1 aromatic rings. The predicted molar refractivity (Wildman–Crippen MR) is 67.9 cm³/mol. The lowest BCUT2D eigenvalue weighted by Crippen LogP contribution is -2.48. The van der Waals surface area contributed by atoms with Crippen LogP contribution in [0.3, 0.4) is 0 Å². The number of ether oxygens (including phenoxy) is 1. The molecule has 0 saturated carbocycles. The summed E-state index contributed by atoms with van der Waals surface area (Å²) in [7, 11) is 0. The van der Waals surface area contributed by atoms with E-state index in [4.69, 9.17) is 4.74 Å². The Kier molecular flexibility index (Phi) is 2.98. The van der Waals surface area contributed by atoms with E-state index in [-0.39, 0.29) is 23.2 Å². The van der Waals surface area contributed by atoms with Crippen molar-refractivity contribution in [1.82, 2.24) is 0 Å². The van der Waals surface area contributed by atoms with Crippen LogP contribution in [0.1, 0.15) is 33.3 Å². The molecule has 0 N–H and O–H groups in total. The molecule has 2 rings (SSSR count). The van der Waals surface area contributed by atoms with E-state index in [2.05, 4.69) is 33.8 Å². The molecule has 17 heavy (non-hydrogen) atoms. The van der Waals surface area contributed by atoms with Crippen molar-refractivity contribution in [1.29, 1.82) is 0 Å². The number of benzene rings is 1. The van der Waals surface area contributed by atoms with E-state index in [1.807, 2.05) is 18.2 Å². The van der Waals surface area contributed by atoms with Crippen LogP contribution in [0, 0.1) is 17.3 Å². The Morgan fingerprint density at radius 1 is 1.12 bits per heavy atom. The third-order valence-electron chi connectivity index (χ3n) is 4.10. The summed E-state index contributed by atoms with van der Waals surface area (Å²) < 4.78 is 5.53. The fraction of sp³-hybridized carbons (Fsp3) is 0.533. The molecule has 0 radical (unpaired) electrons. The van der Waals surface area contributed by atoms with Crippen LogP contribution in [-0.2, 0) is 11.2 Å². The van der Waals surface area contributed by atoms with Crippen LogP contribution in [0.15, 0.2) is 24.3 Å². The Morgan fingerprint density at radius 3 is 2.29 bits per heavy atom. The molecule has 0 aromatic heterocycles. The van der Waals surface area contributed by atoms with E-state index in [9.17, 15) is 4.79 Å². The number of carbonyl (C=O) groups is 1. The van der Waals surface area contributed by atoms with Gasteiger partial charge >= 0.3 is 5.97 Å². The normalized spacial score (nSPS) is 18.1. The molecule has 1 aliphatic rings. The molecule has 0 amide bonds. The van der Waals surface area contributed by atoms with Gasteiger partial charge < -0.3 is 4.74 Å². The molecule has 0 fully saturated rings. The van der Waals surface area contributed by atoms with Crippen LogP contribution >= 0.6 is 0 Å². The fourth-order valence-electron chi connectivity index (χ4n) is 2.88. The Hall–Kier alpha value is -1.31. The monoisotopic (exact) mass is 232 g/mol. The lowest BCUT2D eigenvalue weighted by molar-refractivity contribution is -0.154. The van der Waals surface area contributed by atoms with Crippen molar-refractivity contribution in [2.75, 3.05) is 0 Å². The second kappa shape index (κ2) is 4.17. The van der Waals surface area contributed by atoms with E-state index in [1.165, 1.54) is 0 Å². The van der Waals surface area contributed by atoms with Gasteiger partial charge in [-0.25, -0.2) is 0 Å². The molecule has 1 aromatic carbocycles. The van der Waals surface area contributed by atoms with Gasteiger partial charge in [-0.15, -0.1) is 0 Å². The summed E-state index contributed by atoms with van der Waals surface area (Å²) in [6.45, 7) is 8.43. The Labute approximate surface area is 103 Å². The number of fused-ring (bicyclic) bond motifs is 1. The first-order chi connectivity index (χ1) is 7.98. The molecule has 1 heterocycles. The van der Waals surface area contributed by atoms with Crippen molar-refractivity contribution in [2.24, 2.45) is 17.3 Å². The first-order valence-electron chi connectivity index (χ1n) is 6.28. The van der Waals surface area contributed by atoms with E-state index in [1.54, 1.807) is 0 Å². The van der Waals surface area contributed by atoms with Gasteiger partial charge in [-0.05, 0) is 29.9 Å². The minimum Gasteiger partial charge on any atom is -0.426 e. The van der Waals surface area contributed by atoms with Crippen molar-refractivity contribution in [3.8, 4) is 5.75 Å². The molecule has 0 bridgehead atoms. The summed E-state index contributed by atoms with van der Waals surface area (Å²) in [5, 5.41) is 0. The first-order valence-corrected chi connectivity index (χ1v) is 6.28. The van der Waals surface area contributed by atoms with E-state index in [0.29, 0.717) is 0 Å². The van der Waals surface area contributed by atoms with Crippen LogP contribution < -0.4 is 4.74 Å². The standard InChI is InChI=1S/C15H20O2/c1-10(2)15(11(3)4)9-12-7-5-6-8-13(12)17-14(15)16/h5-8,10-11H,9H2,1-4H3. The van der Waals surface area contributed by atoms with Gasteiger partial charge in [0.25, 0.3) is 0 Å². The molecular weight excluding hydrogens is 212 g/mol. The third kappa shape index (κ3) is 1.76. The lowest BCUT2D eigenvalue weighted by atomic mass is 9.64. The van der Waals surface area contributed by atoms with Gasteiger partial charge in [-0.1, -0.05) is 45.9 Å². The summed E-state index contributed by atoms with van der Waals surface area (Å²) >= 11 is 0. The lowest BCUT2D eigenvalue weighted by Gasteiger charge is -2.42. The molecule has 0 unspecified atom stereocenters. The molecule has 0 saturated heterocycles. The van der Waals surface area contributed by atoms with Crippen molar-refractivity contribution < 1.29 is 9.53 Å². The number of hydrogen-bond acceptors (Lipinski definition) is 2. The molecule has 92 valence electrons. The molecule has 0 aliphatic carbocycles. The topological polar surface area (TPSA) is 26.3 Å². The highest BCUT2D eigenvalue weighted by Gasteiger charge is 2.48. The summed E-state index contributed by atoms with van der Waals surface area (Å²) in [5.74, 6) is 1.22. The van der Waals surface area contributed by atoms with E-state index in [0.717, 1.165) is 17.7 Å². The van der Waals surface area contributed by atoms with Gasteiger partial charge in [0.05, 0.1) is 5.41 Å². The first kappa shape index (κ1) is 12.2. The average molecular weight is 232 g/mol. The molecule has 0 atom stereocenters. The smallest absolute Gasteiger partial charge is 0.318 e. The Balaban J connectivity index is 2.48. The van der Waals surface area contributed by atoms with Gasteiger partial charge in [0.2, 0.25) is 0 Å². The number of esters is 1. The molecule has 2 nitrogen and oxygen atoms in total. The van der Waals surface area contributed by atoms with Gasteiger partial charge in [-0.3, -0.25) is 4.79 Å². The molecule has 2 heteroatoms. The summed E-state index contributed by atoms with van der Waals surface area (Å²) in [6.07, 6.45) is 0.789. The highest BCUT2D eigenvalue weighted by Crippen LogP contribution is 2.45. The molecule has 0 spiro atoms. The maximum Gasteiger partial charge on any atom is 0.318 e. The predicted octanol–water partition coefficient (Wildman–Crippen LogP) is 3.45. The molecular formula is C15H20O2.